The predicted molar refractivity (Wildman–Crippen MR) is 149 cm³/mol. The highest BCUT2D eigenvalue weighted by Gasteiger charge is 2.17. The molecule has 36 heavy (non-hydrogen) atoms. The summed E-state index contributed by atoms with van der Waals surface area (Å²) in [5.41, 5.74) is 2.73. The number of carbonyl (C=O) groups excluding carboxylic acids is 2. The number of thioether (sulfide) groups is 1. The van der Waals surface area contributed by atoms with Crippen molar-refractivity contribution in [1.29, 1.82) is 0 Å². The van der Waals surface area contributed by atoms with E-state index in [0.29, 0.717) is 37.9 Å². The van der Waals surface area contributed by atoms with E-state index in [9.17, 15) is 9.59 Å². The second-order valence-corrected chi connectivity index (χ2v) is 10.7. The van der Waals surface area contributed by atoms with Gasteiger partial charge < -0.3 is 15.4 Å². The monoisotopic (exact) mass is 557 g/mol. The minimum Gasteiger partial charge on any atom is -0.497 e. The summed E-state index contributed by atoms with van der Waals surface area (Å²) in [4.78, 5) is 30.5. The number of anilines is 2. The summed E-state index contributed by atoms with van der Waals surface area (Å²) in [6.45, 7) is 1.83. The Kier molecular flexibility index (Phi) is 8.53. The van der Waals surface area contributed by atoms with Crippen LogP contribution in [-0.2, 0) is 4.79 Å². The van der Waals surface area contributed by atoms with Gasteiger partial charge in [0.15, 0.2) is 5.13 Å². The Morgan fingerprint density at radius 3 is 2.36 bits per heavy atom. The van der Waals surface area contributed by atoms with Gasteiger partial charge in [0.1, 0.15) is 5.75 Å². The van der Waals surface area contributed by atoms with Gasteiger partial charge in [-0.1, -0.05) is 29.3 Å². The normalized spacial score (nSPS) is 11.6. The molecule has 3 aromatic carbocycles. The summed E-state index contributed by atoms with van der Waals surface area (Å²) in [6, 6.07) is 19.5. The molecule has 0 saturated carbocycles. The molecule has 2 N–H and O–H groups in total. The molecule has 0 aliphatic carbocycles. The minimum atomic E-state index is -0.359. The van der Waals surface area contributed by atoms with Crippen molar-refractivity contribution in [3.05, 3.63) is 87.7 Å². The van der Waals surface area contributed by atoms with Gasteiger partial charge in [-0.25, -0.2) is 4.98 Å². The van der Waals surface area contributed by atoms with Crippen LogP contribution in [-0.4, -0.2) is 29.2 Å². The summed E-state index contributed by atoms with van der Waals surface area (Å²) in [7, 11) is 1.58. The van der Waals surface area contributed by atoms with Crippen molar-refractivity contribution >= 4 is 68.9 Å². The number of hydrogen-bond acceptors (Lipinski definition) is 6. The van der Waals surface area contributed by atoms with Crippen molar-refractivity contribution in [3.8, 4) is 17.0 Å². The number of halogens is 2. The van der Waals surface area contributed by atoms with Crippen LogP contribution in [0.3, 0.4) is 0 Å². The molecule has 4 aromatic rings. The molecule has 6 nitrogen and oxygen atoms in total. The fraction of sp³-hybridized carbons (Fsp3) is 0.115. The largest absolute Gasteiger partial charge is 0.497 e. The highest BCUT2D eigenvalue weighted by Crippen LogP contribution is 2.31. The molecule has 1 heterocycles. The molecule has 1 atom stereocenters. The SMILES string of the molecule is COc1ccc(C(=O)Nc2ccc(SC(C)C(=O)Nc3nc(-c4ccc(Cl)c(Cl)c4)cs3)cc2)cc1. The van der Waals surface area contributed by atoms with Gasteiger partial charge in [-0.05, 0) is 67.6 Å². The van der Waals surface area contributed by atoms with E-state index in [4.69, 9.17) is 27.9 Å². The molecule has 10 heteroatoms. The van der Waals surface area contributed by atoms with Gasteiger partial charge in [-0.2, -0.15) is 0 Å². The average Bonchev–Trinajstić information content (AvgIpc) is 3.35. The molecule has 2 amide bonds. The number of thiazole rings is 1. The molecule has 0 aliphatic rings. The van der Waals surface area contributed by atoms with Crippen LogP contribution in [0, 0.1) is 0 Å². The number of nitrogens with zero attached hydrogens (tertiary/aromatic N) is 1. The Morgan fingerprint density at radius 2 is 1.69 bits per heavy atom. The van der Waals surface area contributed by atoms with Crippen LogP contribution in [0.1, 0.15) is 17.3 Å². The van der Waals surface area contributed by atoms with E-state index in [2.05, 4.69) is 15.6 Å². The van der Waals surface area contributed by atoms with Gasteiger partial charge in [0.2, 0.25) is 5.91 Å². The lowest BCUT2D eigenvalue weighted by Crippen LogP contribution is -2.22. The van der Waals surface area contributed by atoms with E-state index in [0.717, 1.165) is 10.5 Å². The second kappa shape index (κ2) is 11.8. The first kappa shape index (κ1) is 26.0. The topological polar surface area (TPSA) is 80.3 Å². The number of aromatic nitrogens is 1. The van der Waals surface area contributed by atoms with Gasteiger partial charge in [-0.3, -0.25) is 9.59 Å². The fourth-order valence-electron chi connectivity index (χ4n) is 3.15. The molecule has 0 bridgehead atoms. The maximum atomic E-state index is 12.7. The third-order valence-corrected chi connectivity index (χ3v) is 7.70. The van der Waals surface area contributed by atoms with Crippen LogP contribution in [0.4, 0.5) is 10.8 Å². The van der Waals surface area contributed by atoms with Crippen molar-refractivity contribution in [1.82, 2.24) is 4.98 Å². The smallest absolute Gasteiger partial charge is 0.255 e. The Labute approximate surface area is 227 Å². The lowest BCUT2D eigenvalue weighted by molar-refractivity contribution is -0.115. The number of amides is 2. The summed E-state index contributed by atoms with van der Waals surface area (Å²) in [6.07, 6.45) is 0. The third kappa shape index (κ3) is 6.59. The van der Waals surface area contributed by atoms with E-state index in [-0.39, 0.29) is 17.1 Å². The first-order valence-electron chi connectivity index (χ1n) is 10.8. The van der Waals surface area contributed by atoms with Crippen molar-refractivity contribution in [2.24, 2.45) is 0 Å². The quantitative estimate of drug-likeness (QED) is 0.219. The van der Waals surface area contributed by atoms with Crippen molar-refractivity contribution < 1.29 is 14.3 Å². The van der Waals surface area contributed by atoms with Crippen molar-refractivity contribution in [2.45, 2.75) is 17.1 Å². The van der Waals surface area contributed by atoms with E-state index >= 15 is 0 Å². The minimum absolute atomic E-state index is 0.160. The number of benzene rings is 3. The van der Waals surface area contributed by atoms with Crippen LogP contribution >= 0.6 is 46.3 Å². The fourth-order valence-corrected chi connectivity index (χ4v) is 5.03. The number of carbonyl (C=O) groups is 2. The molecule has 0 aliphatic heterocycles. The Bertz CT molecular complexity index is 1380. The van der Waals surface area contributed by atoms with Gasteiger partial charge in [-0.15, -0.1) is 23.1 Å². The van der Waals surface area contributed by atoms with Crippen LogP contribution in [0.2, 0.25) is 10.0 Å². The number of rotatable bonds is 8. The maximum absolute atomic E-state index is 12.7. The van der Waals surface area contributed by atoms with Gasteiger partial charge in [0.25, 0.3) is 5.91 Å². The van der Waals surface area contributed by atoms with Gasteiger partial charge >= 0.3 is 0 Å². The zero-order chi connectivity index (χ0) is 25.7. The molecular formula is C26H21Cl2N3O3S2. The van der Waals surface area contributed by atoms with Gasteiger partial charge in [0, 0.05) is 27.1 Å². The highest BCUT2D eigenvalue weighted by molar-refractivity contribution is 8.00. The number of hydrogen-bond donors (Lipinski definition) is 2. The van der Waals surface area contributed by atoms with E-state index in [1.807, 2.05) is 30.5 Å². The standard InChI is InChI=1S/C26H21Cl2N3O3S2/c1-15(24(32)31-26-30-23(14-35-26)17-5-12-21(27)22(28)13-17)36-20-10-6-18(7-11-20)29-25(33)16-3-8-19(34-2)9-4-16/h3-15H,1-2H3,(H,29,33)(H,30,31,32). The highest BCUT2D eigenvalue weighted by atomic mass is 35.5. The van der Waals surface area contributed by atoms with Crippen molar-refractivity contribution in [3.63, 3.8) is 0 Å². The van der Waals surface area contributed by atoms with Gasteiger partial charge in [0.05, 0.1) is 28.1 Å². The second-order valence-electron chi connectivity index (χ2n) is 7.62. The number of nitrogens with one attached hydrogen (secondary N) is 2. The lowest BCUT2D eigenvalue weighted by Gasteiger charge is -2.11. The molecular weight excluding hydrogens is 537 g/mol. The molecule has 184 valence electrons. The van der Waals surface area contributed by atoms with E-state index < -0.39 is 0 Å². The summed E-state index contributed by atoms with van der Waals surface area (Å²) in [5, 5.41) is 8.65. The first-order valence-corrected chi connectivity index (χ1v) is 13.3. The molecule has 0 spiro atoms. The maximum Gasteiger partial charge on any atom is 0.255 e. The van der Waals surface area contributed by atoms with Crippen molar-refractivity contribution in [2.75, 3.05) is 17.7 Å². The molecule has 1 unspecified atom stereocenters. The Morgan fingerprint density at radius 1 is 0.972 bits per heavy atom. The Hall–Kier alpha value is -3.04. The summed E-state index contributed by atoms with van der Waals surface area (Å²) >= 11 is 14.8. The average molecular weight is 559 g/mol. The van der Waals surface area contributed by atoms with Crippen LogP contribution in [0.5, 0.6) is 5.75 Å². The van der Waals surface area contributed by atoms with Crippen LogP contribution < -0.4 is 15.4 Å². The molecule has 1 aromatic heterocycles. The molecule has 0 fully saturated rings. The number of methoxy groups -OCH3 is 1. The first-order chi connectivity index (χ1) is 17.3. The third-order valence-electron chi connectivity index (χ3n) is 5.10. The Balaban J connectivity index is 1.31. The summed E-state index contributed by atoms with van der Waals surface area (Å²) in [5.74, 6) is 0.314. The summed E-state index contributed by atoms with van der Waals surface area (Å²) < 4.78 is 5.11. The molecule has 0 saturated heterocycles. The van der Waals surface area contributed by atoms with E-state index in [1.54, 1.807) is 55.6 Å². The molecule has 0 radical (unpaired) electrons. The van der Waals surface area contributed by atoms with Crippen LogP contribution in [0.15, 0.2) is 77.0 Å². The number of ether oxygens (including phenoxy) is 1. The van der Waals surface area contributed by atoms with E-state index in [1.165, 1.54) is 23.1 Å². The zero-order valence-electron chi connectivity index (χ0n) is 19.2. The predicted octanol–water partition coefficient (Wildman–Crippen LogP) is 7.50. The van der Waals surface area contributed by atoms with Crippen LogP contribution in [0.25, 0.3) is 11.3 Å². The lowest BCUT2D eigenvalue weighted by atomic mass is 10.2. The molecule has 4 rings (SSSR count). The zero-order valence-corrected chi connectivity index (χ0v) is 22.4.